The van der Waals surface area contributed by atoms with Crippen molar-refractivity contribution in [2.24, 2.45) is 11.8 Å². The number of ketones is 1. The fraction of sp³-hybridized carbons (Fsp3) is 0.471. The van der Waals surface area contributed by atoms with Crippen molar-refractivity contribution >= 4 is 5.78 Å². The molecule has 0 aromatic heterocycles. The monoisotopic (exact) mass is 276 g/mol. The minimum atomic E-state index is -0.779. The van der Waals surface area contributed by atoms with Gasteiger partial charge in [0.2, 0.25) is 0 Å². The van der Waals surface area contributed by atoms with Gasteiger partial charge in [-0.3, -0.25) is 4.79 Å². The van der Waals surface area contributed by atoms with E-state index in [0.29, 0.717) is 18.8 Å². The second-order valence-electron chi connectivity index (χ2n) is 5.38. The van der Waals surface area contributed by atoms with Gasteiger partial charge in [-0.2, -0.15) is 0 Å². The standard InChI is InChI=1S/C17H24O3/c1-12(2)16(18)14(4)17(19)13(3)10-20-11-15-8-6-5-7-9-15/h5-9,13-14,16,18H,1,10-11H2,2-4H3/t13-,14-,16+/m0/s1. The number of hydrogen-bond acceptors (Lipinski definition) is 3. The van der Waals surface area contributed by atoms with E-state index < -0.39 is 12.0 Å². The van der Waals surface area contributed by atoms with E-state index in [-0.39, 0.29) is 11.7 Å². The van der Waals surface area contributed by atoms with Crippen molar-refractivity contribution in [3.63, 3.8) is 0 Å². The SMILES string of the molecule is C=C(C)[C@@H](O)[C@H](C)C(=O)[C@@H](C)COCc1ccccc1. The minimum absolute atomic E-state index is 0.00793. The first-order valence-corrected chi connectivity index (χ1v) is 6.92. The number of carbonyl (C=O) groups excluding carboxylic acids is 1. The molecule has 0 aliphatic carbocycles. The molecule has 1 aromatic rings. The molecule has 0 aliphatic heterocycles. The average Bonchev–Trinajstić information content (AvgIpc) is 2.45. The quantitative estimate of drug-likeness (QED) is 0.742. The zero-order chi connectivity index (χ0) is 15.1. The Balaban J connectivity index is 2.40. The molecule has 3 nitrogen and oxygen atoms in total. The van der Waals surface area contributed by atoms with Crippen molar-refractivity contribution < 1.29 is 14.6 Å². The van der Waals surface area contributed by atoms with E-state index in [4.69, 9.17) is 4.74 Å². The fourth-order valence-corrected chi connectivity index (χ4v) is 2.04. The fourth-order valence-electron chi connectivity index (χ4n) is 2.04. The molecule has 110 valence electrons. The van der Waals surface area contributed by atoms with E-state index in [2.05, 4.69) is 6.58 Å². The molecule has 0 radical (unpaired) electrons. The van der Waals surface area contributed by atoms with Gasteiger partial charge in [0, 0.05) is 11.8 Å². The van der Waals surface area contributed by atoms with Crippen LogP contribution in [0.25, 0.3) is 0 Å². The number of Topliss-reactive ketones (excluding diaryl/α,β-unsaturated/α-hetero) is 1. The normalized spacial score (nSPS) is 15.4. The molecule has 0 saturated heterocycles. The van der Waals surface area contributed by atoms with Gasteiger partial charge in [-0.15, -0.1) is 0 Å². The first-order valence-electron chi connectivity index (χ1n) is 6.92. The van der Waals surface area contributed by atoms with Gasteiger partial charge in [0.1, 0.15) is 5.78 Å². The predicted octanol–water partition coefficient (Wildman–Crippen LogP) is 2.98. The number of aliphatic hydroxyl groups excluding tert-OH is 1. The molecule has 20 heavy (non-hydrogen) atoms. The van der Waals surface area contributed by atoms with Crippen molar-refractivity contribution in [1.82, 2.24) is 0 Å². The lowest BCUT2D eigenvalue weighted by Gasteiger charge is -2.21. The number of rotatable bonds is 8. The van der Waals surface area contributed by atoms with Crippen LogP contribution in [0.1, 0.15) is 26.3 Å². The number of benzene rings is 1. The summed E-state index contributed by atoms with van der Waals surface area (Å²) >= 11 is 0. The summed E-state index contributed by atoms with van der Waals surface area (Å²) in [5.74, 6) is -0.668. The Kier molecular flexibility index (Phi) is 6.62. The van der Waals surface area contributed by atoms with E-state index in [1.54, 1.807) is 13.8 Å². The molecule has 0 bridgehead atoms. The summed E-state index contributed by atoms with van der Waals surface area (Å²) in [6, 6.07) is 9.84. The van der Waals surface area contributed by atoms with Gasteiger partial charge in [0.05, 0.1) is 19.3 Å². The average molecular weight is 276 g/mol. The molecular formula is C17H24O3. The maximum atomic E-state index is 12.2. The predicted molar refractivity (Wildman–Crippen MR) is 80.3 cm³/mol. The minimum Gasteiger partial charge on any atom is -0.388 e. The van der Waals surface area contributed by atoms with Crippen LogP contribution in [0.4, 0.5) is 0 Å². The first-order chi connectivity index (χ1) is 9.43. The Morgan fingerprint density at radius 1 is 1.30 bits per heavy atom. The Morgan fingerprint density at radius 3 is 2.45 bits per heavy atom. The smallest absolute Gasteiger partial charge is 0.143 e. The van der Waals surface area contributed by atoms with E-state index in [9.17, 15) is 9.90 Å². The van der Waals surface area contributed by atoms with Crippen LogP contribution in [-0.4, -0.2) is 23.6 Å². The van der Waals surface area contributed by atoms with Gasteiger partial charge in [-0.1, -0.05) is 56.3 Å². The van der Waals surface area contributed by atoms with Gasteiger partial charge in [0.25, 0.3) is 0 Å². The molecule has 1 rings (SSSR count). The van der Waals surface area contributed by atoms with Gasteiger partial charge in [0.15, 0.2) is 0 Å². The Bertz CT molecular complexity index is 439. The molecule has 1 N–H and O–H groups in total. The van der Waals surface area contributed by atoms with Crippen LogP contribution in [0.2, 0.25) is 0 Å². The van der Waals surface area contributed by atoms with Crippen molar-refractivity contribution in [3.05, 3.63) is 48.0 Å². The summed E-state index contributed by atoms with van der Waals surface area (Å²) in [6.45, 7) is 9.83. The van der Waals surface area contributed by atoms with Crippen LogP contribution in [0.5, 0.6) is 0 Å². The highest BCUT2D eigenvalue weighted by Gasteiger charge is 2.26. The zero-order valence-corrected chi connectivity index (χ0v) is 12.5. The second-order valence-corrected chi connectivity index (χ2v) is 5.38. The summed E-state index contributed by atoms with van der Waals surface area (Å²) in [6.07, 6.45) is -0.779. The number of aliphatic hydroxyl groups is 1. The third-order valence-electron chi connectivity index (χ3n) is 3.39. The van der Waals surface area contributed by atoms with Crippen LogP contribution < -0.4 is 0 Å². The molecule has 0 spiro atoms. The first kappa shape index (κ1) is 16.6. The topological polar surface area (TPSA) is 46.5 Å². The third kappa shape index (κ3) is 4.91. The molecule has 0 saturated carbocycles. The van der Waals surface area contributed by atoms with E-state index >= 15 is 0 Å². The molecule has 0 fully saturated rings. The number of hydrogen-bond donors (Lipinski definition) is 1. The maximum absolute atomic E-state index is 12.2. The highest BCUT2D eigenvalue weighted by molar-refractivity contribution is 5.83. The number of ether oxygens (including phenoxy) is 1. The molecule has 0 unspecified atom stereocenters. The number of carbonyl (C=O) groups is 1. The van der Waals surface area contributed by atoms with Crippen molar-refractivity contribution in [3.8, 4) is 0 Å². The van der Waals surface area contributed by atoms with Crippen molar-refractivity contribution in [2.45, 2.75) is 33.5 Å². The molecule has 1 aromatic carbocycles. The summed E-state index contributed by atoms with van der Waals surface area (Å²) in [4.78, 5) is 12.2. The van der Waals surface area contributed by atoms with E-state index in [1.165, 1.54) is 0 Å². The van der Waals surface area contributed by atoms with E-state index in [1.807, 2.05) is 37.3 Å². The molecular weight excluding hydrogens is 252 g/mol. The van der Waals surface area contributed by atoms with Crippen LogP contribution >= 0.6 is 0 Å². The van der Waals surface area contributed by atoms with Crippen LogP contribution in [0.3, 0.4) is 0 Å². The van der Waals surface area contributed by atoms with Crippen molar-refractivity contribution in [2.75, 3.05) is 6.61 Å². The largest absolute Gasteiger partial charge is 0.388 e. The zero-order valence-electron chi connectivity index (χ0n) is 12.5. The highest BCUT2D eigenvalue weighted by Crippen LogP contribution is 2.16. The van der Waals surface area contributed by atoms with Gasteiger partial charge < -0.3 is 9.84 Å². The lowest BCUT2D eigenvalue weighted by atomic mass is 9.89. The second kappa shape index (κ2) is 7.98. The maximum Gasteiger partial charge on any atom is 0.143 e. The Morgan fingerprint density at radius 2 is 1.90 bits per heavy atom. The van der Waals surface area contributed by atoms with Crippen LogP contribution in [0, 0.1) is 11.8 Å². The van der Waals surface area contributed by atoms with Crippen LogP contribution in [-0.2, 0) is 16.1 Å². The molecule has 3 atom stereocenters. The third-order valence-corrected chi connectivity index (χ3v) is 3.39. The summed E-state index contributed by atoms with van der Waals surface area (Å²) in [5, 5.41) is 9.86. The summed E-state index contributed by atoms with van der Waals surface area (Å²) in [7, 11) is 0. The lowest BCUT2D eigenvalue weighted by molar-refractivity contribution is -0.130. The lowest BCUT2D eigenvalue weighted by Crippen LogP contribution is -2.32. The molecule has 0 amide bonds. The Hall–Kier alpha value is -1.45. The highest BCUT2D eigenvalue weighted by atomic mass is 16.5. The molecule has 0 aliphatic rings. The van der Waals surface area contributed by atoms with Gasteiger partial charge in [-0.05, 0) is 12.5 Å². The van der Waals surface area contributed by atoms with Gasteiger partial charge in [-0.25, -0.2) is 0 Å². The van der Waals surface area contributed by atoms with E-state index in [0.717, 1.165) is 5.56 Å². The van der Waals surface area contributed by atoms with Gasteiger partial charge >= 0.3 is 0 Å². The summed E-state index contributed by atoms with van der Waals surface area (Å²) in [5.41, 5.74) is 1.70. The molecule has 3 heteroatoms. The molecule has 0 heterocycles. The Labute approximate surface area is 121 Å². The van der Waals surface area contributed by atoms with Crippen molar-refractivity contribution in [1.29, 1.82) is 0 Å². The van der Waals surface area contributed by atoms with Crippen LogP contribution in [0.15, 0.2) is 42.5 Å². The summed E-state index contributed by atoms with van der Waals surface area (Å²) < 4.78 is 5.57.